The Balaban J connectivity index is 2.61. The summed E-state index contributed by atoms with van der Waals surface area (Å²) < 4.78 is 130. The van der Waals surface area contributed by atoms with E-state index in [0.717, 1.165) is 6.07 Å². The normalized spacial score (nSPS) is 12.2. The highest BCUT2D eigenvalue weighted by Crippen LogP contribution is 2.36. The third-order valence-electron chi connectivity index (χ3n) is 3.13. The number of rotatable bonds is 3. The van der Waals surface area contributed by atoms with Crippen LogP contribution in [-0.4, -0.2) is 18.9 Å². The molecule has 0 aliphatic carbocycles. The van der Waals surface area contributed by atoms with Gasteiger partial charge in [-0.25, -0.2) is 22.0 Å². The zero-order chi connectivity index (χ0) is 21.6. The van der Waals surface area contributed by atoms with Gasteiger partial charge >= 0.3 is 12.1 Å². The van der Waals surface area contributed by atoms with E-state index in [1.807, 2.05) is 0 Å². The Hall–Kier alpha value is -2.19. The Morgan fingerprint density at radius 2 is 1.50 bits per heavy atom. The molecule has 2 aromatic rings. The maximum Gasteiger partial charge on any atom is 0.417 e. The highest BCUT2D eigenvalue weighted by molar-refractivity contribution is 9.10. The number of hydrogen-bond donors (Lipinski definition) is 0. The van der Waals surface area contributed by atoms with E-state index >= 15 is 0 Å². The van der Waals surface area contributed by atoms with E-state index in [9.17, 15) is 48.5 Å². The summed E-state index contributed by atoms with van der Waals surface area (Å²) in [6, 6.07) is 1.92. The van der Waals surface area contributed by atoms with E-state index in [1.54, 1.807) is 0 Å². The highest BCUT2D eigenvalue weighted by atomic mass is 79.9. The van der Waals surface area contributed by atoms with Gasteiger partial charge in [-0.05, 0) is 18.2 Å². The maximum absolute atomic E-state index is 13.8. The standard InChI is InChI=1S/C14H4BrF7O5S/c15-4-1-2-5(6(3-4)14(20,21)22)13(23)27-11-7(16)9(18)12(28(24,25)26)10(19)8(11)17/h1-3H,(H,24,25,26)/p-1. The minimum atomic E-state index is -6.01. The summed E-state index contributed by atoms with van der Waals surface area (Å²) in [6.07, 6.45) is -5.12. The molecule has 14 heteroatoms. The molecule has 0 saturated heterocycles. The predicted octanol–water partition coefficient (Wildman–Crippen LogP) is 4.15. The van der Waals surface area contributed by atoms with Gasteiger partial charge in [-0.15, -0.1) is 0 Å². The molecule has 0 amide bonds. The van der Waals surface area contributed by atoms with Crippen LogP contribution in [0.4, 0.5) is 30.7 Å². The van der Waals surface area contributed by atoms with E-state index in [-0.39, 0.29) is 4.47 Å². The minimum absolute atomic E-state index is 0.129. The molecule has 0 aliphatic heterocycles. The molecule has 0 aliphatic rings. The van der Waals surface area contributed by atoms with Crippen molar-refractivity contribution in [2.24, 2.45) is 0 Å². The van der Waals surface area contributed by atoms with Crippen LogP contribution in [0.1, 0.15) is 15.9 Å². The number of alkyl halides is 3. The van der Waals surface area contributed by atoms with E-state index in [4.69, 9.17) is 0 Å². The molecule has 5 nitrogen and oxygen atoms in total. The van der Waals surface area contributed by atoms with Crippen LogP contribution in [0.5, 0.6) is 5.75 Å². The average molecular weight is 496 g/mol. The fourth-order valence-electron chi connectivity index (χ4n) is 1.98. The third-order valence-corrected chi connectivity index (χ3v) is 4.49. The number of carbonyl (C=O) groups is 1. The maximum atomic E-state index is 13.8. The Bertz CT molecular complexity index is 1050. The third kappa shape index (κ3) is 4.12. The van der Waals surface area contributed by atoms with Crippen LogP contribution < -0.4 is 4.74 Å². The predicted molar refractivity (Wildman–Crippen MR) is 78.3 cm³/mol. The van der Waals surface area contributed by atoms with Crippen molar-refractivity contribution < 1.29 is 53.2 Å². The quantitative estimate of drug-likeness (QED) is 0.210. The van der Waals surface area contributed by atoms with Crippen LogP contribution in [0.25, 0.3) is 0 Å². The largest absolute Gasteiger partial charge is 0.744 e. The van der Waals surface area contributed by atoms with Gasteiger partial charge in [0.1, 0.15) is 15.0 Å². The first-order valence-corrected chi connectivity index (χ1v) is 8.77. The lowest BCUT2D eigenvalue weighted by Crippen LogP contribution is -2.19. The molecule has 0 atom stereocenters. The minimum Gasteiger partial charge on any atom is -0.744 e. The second kappa shape index (κ2) is 7.33. The molecule has 0 N–H and O–H groups in total. The van der Waals surface area contributed by atoms with Crippen LogP contribution in [0.15, 0.2) is 27.6 Å². The lowest BCUT2D eigenvalue weighted by atomic mass is 10.1. The fourth-order valence-corrected chi connectivity index (χ4v) is 2.96. The first kappa shape index (κ1) is 22.1. The fraction of sp³-hybridized carbons (Fsp3) is 0.0714. The van der Waals surface area contributed by atoms with Crippen molar-refractivity contribution in [1.82, 2.24) is 0 Å². The van der Waals surface area contributed by atoms with Gasteiger partial charge in [0.2, 0.25) is 17.4 Å². The second-order valence-electron chi connectivity index (χ2n) is 4.95. The summed E-state index contributed by atoms with van der Waals surface area (Å²) >= 11 is 2.72. The van der Waals surface area contributed by atoms with Crippen molar-refractivity contribution in [1.29, 1.82) is 0 Å². The summed E-state index contributed by atoms with van der Waals surface area (Å²) in [5.74, 6) is -14.8. The van der Waals surface area contributed by atoms with E-state index < -0.39 is 67.3 Å². The van der Waals surface area contributed by atoms with Gasteiger partial charge < -0.3 is 9.29 Å². The number of halogens is 8. The second-order valence-corrected chi connectivity index (χ2v) is 7.18. The Morgan fingerprint density at radius 1 is 1.00 bits per heavy atom. The van der Waals surface area contributed by atoms with Gasteiger partial charge in [-0.2, -0.15) is 22.0 Å². The topological polar surface area (TPSA) is 83.5 Å². The molecular weight excluding hydrogens is 493 g/mol. The van der Waals surface area contributed by atoms with Crippen molar-refractivity contribution in [3.8, 4) is 5.75 Å². The molecule has 28 heavy (non-hydrogen) atoms. The van der Waals surface area contributed by atoms with Crippen LogP contribution in [-0.2, 0) is 16.3 Å². The first-order chi connectivity index (χ1) is 12.7. The summed E-state index contributed by atoms with van der Waals surface area (Å²) in [4.78, 5) is 9.39. The zero-order valence-corrected chi connectivity index (χ0v) is 15.1. The van der Waals surface area contributed by atoms with Crippen molar-refractivity contribution in [3.63, 3.8) is 0 Å². The number of carbonyl (C=O) groups excluding carboxylic acids is 1. The highest BCUT2D eigenvalue weighted by Gasteiger charge is 2.37. The van der Waals surface area contributed by atoms with Crippen LogP contribution in [0.3, 0.4) is 0 Å². The van der Waals surface area contributed by atoms with E-state index in [2.05, 4.69) is 20.7 Å². The molecule has 0 unspecified atom stereocenters. The average Bonchev–Trinajstić information content (AvgIpc) is 2.54. The van der Waals surface area contributed by atoms with E-state index in [0.29, 0.717) is 12.1 Å². The molecule has 0 aromatic heterocycles. The smallest absolute Gasteiger partial charge is 0.417 e. The lowest BCUT2D eigenvalue weighted by molar-refractivity contribution is -0.138. The molecule has 0 spiro atoms. The molecule has 152 valence electrons. The van der Waals surface area contributed by atoms with Gasteiger partial charge in [0.15, 0.2) is 11.6 Å². The number of ether oxygens (including phenoxy) is 1. The Morgan fingerprint density at radius 3 is 1.93 bits per heavy atom. The molecule has 2 aromatic carbocycles. The van der Waals surface area contributed by atoms with Crippen molar-refractivity contribution in [2.75, 3.05) is 0 Å². The molecule has 0 saturated carbocycles. The molecule has 0 bridgehead atoms. The lowest BCUT2D eigenvalue weighted by Gasteiger charge is -2.15. The zero-order valence-electron chi connectivity index (χ0n) is 12.7. The van der Waals surface area contributed by atoms with Gasteiger partial charge in [0, 0.05) is 4.47 Å². The Kier molecular flexibility index (Phi) is 5.78. The molecule has 0 heterocycles. The van der Waals surface area contributed by atoms with Crippen molar-refractivity contribution >= 4 is 32.0 Å². The molecule has 0 radical (unpaired) electrons. The van der Waals surface area contributed by atoms with Crippen LogP contribution in [0.2, 0.25) is 0 Å². The van der Waals surface area contributed by atoms with Gasteiger partial charge in [-0.3, -0.25) is 0 Å². The summed E-state index contributed by atoms with van der Waals surface area (Å²) in [5, 5.41) is 0. The Labute approximate surface area is 159 Å². The summed E-state index contributed by atoms with van der Waals surface area (Å²) in [5.41, 5.74) is -2.87. The molecule has 0 fully saturated rings. The van der Waals surface area contributed by atoms with Gasteiger partial charge in [0.25, 0.3) is 0 Å². The van der Waals surface area contributed by atoms with E-state index in [1.165, 1.54) is 0 Å². The van der Waals surface area contributed by atoms with Crippen molar-refractivity contribution in [2.45, 2.75) is 11.1 Å². The number of esters is 1. The summed E-state index contributed by atoms with van der Waals surface area (Å²) in [7, 11) is -6.01. The molecule has 2 rings (SSSR count). The first-order valence-electron chi connectivity index (χ1n) is 6.57. The van der Waals surface area contributed by atoms with Gasteiger partial charge in [-0.1, -0.05) is 15.9 Å². The number of hydrogen-bond acceptors (Lipinski definition) is 5. The van der Waals surface area contributed by atoms with Crippen LogP contribution in [0, 0.1) is 23.3 Å². The summed E-state index contributed by atoms with van der Waals surface area (Å²) in [6.45, 7) is 0. The molecular formula is C14H3BrF7O5S-. The van der Waals surface area contributed by atoms with Crippen LogP contribution >= 0.6 is 15.9 Å². The van der Waals surface area contributed by atoms with Gasteiger partial charge in [0.05, 0.1) is 11.1 Å². The SMILES string of the molecule is O=C(Oc1c(F)c(F)c(S(=O)(=O)[O-])c(F)c1F)c1ccc(Br)cc1C(F)(F)F. The van der Waals surface area contributed by atoms with Crippen molar-refractivity contribution in [3.05, 3.63) is 57.1 Å². The monoisotopic (exact) mass is 495 g/mol. The number of benzene rings is 2.